The molecule has 0 spiro atoms. The fraction of sp³-hybridized carbons (Fsp3) is 0.300. The maximum atomic E-state index is 11.6. The summed E-state index contributed by atoms with van der Waals surface area (Å²) in [5.74, 6) is -1.20. The van der Waals surface area contributed by atoms with E-state index < -0.39 is 11.9 Å². The molecule has 1 unspecified atom stereocenters. The number of carbonyl (C=O) groups is 2. The monoisotopic (exact) mass is 332 g/mol. The Labute approximate surface area is 106 Å². The van der Waals surface area contributed by atoms with Crippen LogP contribution in [0.2, 0.25) is 0 Å². The van der Waals surface area contributed by atoms with Gasteiger partial charge in [-0.25, -0.2) is 4.98 Å². The van der Waals surface area contributed by atoms with Gasteiger partial charge in [-0.1, -0.05) is 0 Å². The largest absolute Gasteiger partial charge is 0.481 e. The van der Waals surface area contributed by atoms with Crippen molar-refractivity contribution in [2.75, 3.05) is 11.4 Å². The zero-order valence-electron chi connectivity index (χ0n) is 8.26. The van der Waals surface area contributed by atoms with Gasteiger partial charge in [0, 0.05) is 22.7 Å². The Morgan fingerprint density at radius 3 is 2.81 bits per heavy atom. The number of pyridine rings is 1. The highest BCUT2D eigenvalue weighted by Gasteiger charge is 2.35. The average Bonchev–Trinajstić information content (AvgIpc) is 2.62. The van der Waals surface area contributed by atoms with Gasteiger partial charge in [-0.3, -0.25) is 14.5 Å². The van der Waals surface area contributed by atoms with E-state index in [1.165, 1.54) is 4.90 Å². The minimum absolute atomic E-state index is 0.0585. The van der Waals surface area contributed by atoms with Crippen LogP contribution >= 0.6 is 22.6 Å². The number of halogens is 1. The number of anilines is 1. The summed E-state index contributed by atoms with van der Waals surface area (Å²) in [6.07, 6.45) is 1.71. The fourth-order valence-electron chi connectivity index (χ4n) is 1.62. The molecule has 0 aromatic carbocycles. The maximum Gasteiger partial charge on any atom is 0.308 e. The summed E-state index contributed by atoms with van der Waals surface area (Å²) in [4.78, 5) is 27.9. The van der Waals surface area contributed by atoms with Crippen LogP contribution in [-0.4, -0.2) is 28.5 Å². The second kappa shape index (κ2) is 4.36. The molecule has 0 radical (unpaired) electrons. The molecule has 1 amide bonds. The van der Waals surface area contributed by atoms with Crippen LogP contribution < -0.4 is 4.90 Å². The molecule has 1 N–H and O–H groups in total. The van der Waals surface area contributed by atoms with E-state index in [0.29, 0.717) is 5.82 Å². The number of aromatic nitrogens is 1. The number of carboxylic acids is 1. The van der Waals surface area contributed by atoms with E-state index in [2.05, 4.69) is 27.6 Å². The lowest BCUT2D eigenvalue weighted by atomic mass is 10.1. The molecule has 0 saturated carbocycles. The molecule has 2 heterocycles. The summed E-state index contributed by atoms with van der Waals surface area (Å²) < 4.78 is 0.975. The van der Waals surface area contributed by atoms with E-state index in [1.807, 2.05) is 6.07 Å². The topological polar surface area (TPSA) is 70.5 Å². The molecule has 84 valence electrons. The Bertz CT molecular complexity index is 432. The van der Waals surface area contributed by atoms with E-state index in [1.54, 1.807) is 12.3 Å². The van der Waals surface area contributed by atoms with Crippen molar-refractivity contribution < 1.29 is 14.7 Å². The maximum absolute atomic E-state index is 11.6. The normalized spacial score (nSPS) is 20.2. The molecule has 1 atom stereocenters. The van der Waals surface area contributed by atoms with Crippen molar-refractivity contribution in [2.45, 2.75) is 6.42 Å². The highest BCUT2D eigenvalue weighted by atomic mass is 127. The molecule has 1 aliphatic rings. The Morgan fingerprint density at radius 1 is 1.56 bits per heavy atom. The Balaban J connectivity index is 2.20. The third-order valence-electron chi connectivity index (χ3n) is 2.46. The molecule has 1 aromatic heterocycles. The van der Waals surface area contributed by atoms with Crippen LogP contribution in [0.25, 0.3) is 0 Å². The van der Waals surface area contributed by atoms with Crippen molar-refractivity contribution in [1.29, 1.82) is 0 Å². The molecular weight excluding hydrogens is 323 g/mol. The lowest BCUT2D eigenvalue weighted by Gasteiger charge is -2.14. The lowest BCUT2D eigenvalue weighted by Crippen LogP contribution is -2.26. The van der Waals surface area contributed by atoms with Crippen molar-refractivity contribution in [3.05, 3.63) is 21.9 Å². The molecule has 1 aliphatic heterocycles. The van der Waals surface area contributed by atoms with Crippen molar-refractivity contribution in [2.24, 2.45) is 5.92 Å². The van der Waals surface area contributed by atoms with E-state index in [9.17, 15) is 9.59 Å². The van der Waals surface area contributed by atoms with Gasteiger partial charge in [-0.2, -0.15) is 0 Å². The van der Waals surface area contributed by atoms with Crippen LogP contribution in [0, 0.1) is 9.49 Å². The van der Waals surface area contributed by atoms with E-state index in [-0.39, 0.29) is 18.9 Å². The van der Waals surface area contributed by atoms with Crippen molar-refractivity contribution in [3.8, 4) is 0 Å². The standard InChI is InChI=1S/C10H9IN2O3/c11-7-1-2-8(12-4-7)13-5-6(10(15)16)3-9(13)14/h1-2,4,6H,3,5H2,(H,15,16). The van der Waals surface area contributed by atoms with Crippen molar-refractivity contribution in [1.82, 2.24) is 4.98 Å². The van der Waals surface area contributed by atoms with Gasteiger partial charge in [-0.15, -0.1) is 0 Å². The third kappa shape index (κ3) is 2.16. The van der Waals surface area contributed by atoms with Gasteiger partial charge >= 0.3 is 5.97 Å². The third-order valence-corrected chi connectivity index (χ3v) is 3.10. The number of carboxylic acid groups (broad SMARTS) is 1. The summed E-state index contributed by atoms with van der Waals surface area (Å²) in [5.41, 5.74) is 0. The lowest BCUT2D eigenvalue weighted by molar-refractivity contribution is -0.141. The van der Waals surface area contributed by atoms with Crippen molar-refractivity contribution in [3.63, 3.8) is 0 Å². The summed E-state index contributed by atoms with van der Waals surface area (Å²) in [7, 11) is 0. The summed E-state index contributed by atoms with van der Waals surface area (Å²) >= 11 is 2.12. The number of rotatable bonds is 2. The summed E-state index contributed by atoms with van der Waals surface area (Å²) in [5, 5.41) is 8.84. The molecule has 6 heteroatoms. The van der Waals surface area contributed by atoms with Crippen LogP contribution in [0.4, 0.5) is 5.82 Å². The molecule has 1 fully saturated rings. The van der Waals surface area contributed by atoms with Gasteiger partial charge in [-0.05, 0) is 34.7 Å². The quantitative estimate of drug-likeness (QED) is 0.824. The van der Waals surface area contributed by atoms with Gasteiger partial charge in [0.2, 0.25) is 5.91 Å². The molecule has 2 rings (SSSR count). The SMILES string of the molecule is O=C(O)C1CC(=O)N(c2ccc(I)cn2)C1. The Kier molecular flexibility index (Phi) is 3.08. The minimum atomic E-state index is -0.929. The predicted octanol–water partition coefficient (Wildman–Crippen LogP) is 1.12. The zero-order chi connectivity index (χ0) is 11.7. The van der Waals surface area contributed by atoms with Crippen LogP contribution in [0.1, 0.15) is 6.42 Å². The first-order valence-electron chi connectivity index (χ1n) is 4.72. The van der Waals surface area contributed by atoms with Crippen molar-refractivity contribution >= 4 is 40.3 Å². The van der Waals surface area contributed by atoms with Gasteiger partial charge in [0.05, 0.1) is 5.92 Å². The van der Waals surface area contributed by atoms with Gasteiger partial charge in [0.25, 0.3) is 0 Å². The molecule has 0 bridgehead atoms. The van der Waals surface area contributed by atoms with Crippen LogP contribution in [0.15, 0.2) is 18.3 Å². The average molecular weight is 332 g/mol. The first kappa shape index (κ1) is 11.3. The van der Waals surface area contributed by atoms with Crippen LogP contribution in [0.3, 0.4) is 0 Å². The van der Waals surface area contributed by atoms with Gasteiger partial charge in [0.1, 0.15) is 5.82 Å². The highest BCUT2D eigenvalue weighted by molar-refractivity contribution is 14.1. The number of nitrogens with zero attached hydrogens (tertiary/aromatic N) is 2. The summed E-state index contributed by atoms with van der Waals surface area (Å²) in [6, 6.07) is 3.56. The van der Waals surface area contributed by atoms with E-state index in [0.717, 1.165) is 3.57 Å². The number of amides is 1. The summed E-state index contributed by atoms with van der Waals surface area (Å²) in [6.45, 7) is 0.210. The molecule has 0 aliphatic carbocycles. The number of carbonyl (C=O) groups excluding carboxylic acids is 1. The Hall–Kier alpha value is -1.18. The number of aliphatic carboxylic acids is 1. The molecule has 1 aromatic rings. The zero-order valence-corrected chi connectivity index (χ0v) is 10.4. The van der Waals surface area contributed by atoms with Gasteiger partial charge < -0.3 is 5.11 Å². The number of hydrogen-bond acceptors (Lipinski definition) is 3. The van der Waals surface area contributed by atoms with Gasteiger partial charge in [0.15, 0.2) is 0 Å². The Morgan fingerprint density at radius 2 is 2.31 bits per heavy atom. The molecule has 5 nitrogen and oxygen atoms in total. The first-order valence-corrected chi connectivity index (χ1v) is 5.80. The molecular formula is C10H9IN2O3. The van der Waals surface area contributed by atoms with Crippen LogP contribution in [0.5, 0.6) is 0 Å². The minimum Gasteiger partial charge on any atom is -0.481 e. The van der Waals surface area contributed by atoms with E-state index >= 15 is 0 Å². The first-order chi connectivity index (χ1) is 7.58. The van der Waals surface area contributed by atoms with E-state index in [4.69, 9.17) is 5.11 Å². The smallest absolute Gasteiger partial charge is 0.308 e. The second-order valence-electron chi connectivity index (χ2n) is 3.58. The molecule has 16 heavy (non-hydrogen) atoms. The molecule has 1 saturated heterocycles. The predicted molar refractivity (Wildman–Crippen MR) is 65.0 cm³/mol. The second-order valence-corrected chi connectivity index (χ2v) is 4.82. The van der Waals surface area contributed by atoms with Crippen LogP contribution in [-0.2, 0) is 9.59 Å². The fourth-order valence-corrected chi connectivity index (χ4v) is 1.94. The highest BCUT2D eigenvalue weighted by Crippen LogP contribution is 2.23. The number of hydrogen-bond donors (Lipinski definition) is 1.